The minimum absolute atomic E-state index is 0.186. The van der Waals surface area contributed by atoms with Crippen molar-refractivity contribution < 1.29 is 23.8 Å². The van der Waals surface area contributed by atoms with Gasteiger partial charge in [-0.3, -0.25) is 9.59 Å². The van der Waals surface area contributed by atoms with E-state index in [0.29, 0.717) is 11.3 Å². The summed E-state index contributed by atoms with van der Waals surface area (Å²) in [5.41, 5.74) is 1.15. The first-order chi connectivity index (χ1) is 11.9. The molecule has 0 aliphatic heterocycles. The summed E-state index contributed by atoms with van der Waals surface area (Å²) in [6, 6.07) is 12.1. The minimum Gasteiger partial charge on any atom is -0.489 e. The molecule has 0 fully saturated rings. The van der Waals surface area contributed by atoms with Gasteiger partial charge in [-0.15, -0.1) is 0 Å². The second-order valence-electron chi connectivity index (χ2n) is 5.84. The third-order valence-electron chi connectivity index (χ3n) is 3.89. The van der Waals surface area contributed by atoms with Gasteiger partial charge in [0.2, 0.25) is 0 Å². The second kappa shape index (κ2) is 8.28. The fraction of sp³-hybridized carbons (Fsp3) is 0.263. The Balaban J connectivity index is 2.00. The molecule has 0 aliphatic rings. The highest BCUT2D eigenvalue weighted by molar-refractivity contribution is 5.94. The van der Waals surface area contributed by atoms with Crippen molar-refractivity contribution in [1.82, 2.24) is 5.32 Å². The van der Waals surface area contributed by atoms with Gasteiger partial charge in [-0.25, -0.2) is 4.39 Å². The van der Waals surface area contributed by atoms with Crippen molar-refractivity contribution in [1.29, 1.82) is 0 Å². The van der Waals surface area contributed by atoms with Crippen LogP contribution in [0.4, 0.5) is 4.39 Å². The Hall–Kier alpha value is -2.89. The quantitative estimate of drug-likeness (QED) is 0.808. The Morgan fingerprint density at radius 3 is 2.56 bits per heavy atom. The standard InChI is InChI=1S/C19H20FNO4/c1-12(19(23)24)13(2)21-18(22)15-6-3-5-14(9-15)11-25-17-8-4-7-16(20)10-17/h3-10,12-13H,11H2,1-2H3,(H,21,22)(H,23,24). The molecule has 0 heterocycles. The van der Waals surface area contributed by atoms with Crippen LogP contribution in [0.3, 0.4) is 0 Å². The van der Waals surface area contributed by atoms with E-state index in [2.05, 4.69) is 5.32 Å². The lowest BCUT2D eigenvalue weighted by molar-refractivity contribution is -0.141. The van der Waals surface area contributed by atoms with Gasteiger partial charge in [0.15, 0.2) is 0 Å². The zero-order valence-electron chi connectivity index (χ0n) is 14.0. The molecule has 2 N–H and O–H groups in total. The topological polar surface area (TPSA) is 75.6 Å². The SMILES string of the molecule is CC(NC(=O)c1cccc(COc2cccc(F)c2)c1)C(C)C(=O)O. The summed E-state index contributed by atoms with van der Waals surface area (Å²) in [6.07, 6.45) is 0. The number of ether oxygens (including phenoxy) is 1. The molecule has 2 unspecified atom stereocenters. The molecule has 0 saturated heterocycles. The third-order valence-corrected chi connectivity index (χ3v) is 3.89. The number of rotatable bonds is 7. The van der Waals surface area contributed by atoms with Crippen molar-refractivity contribution in [2.24, 2.45) is 5.92 Å². The number of benzene rings is 2. The van der Waals surface area contributed by atoms with E-state index in [-0.39, 0.29) is 18.3 Å². The first kappa shape index (κ1) is 18.4. The van der Waals surface area contributed by atoms with E-state index in [1.165, 1.54) is 19.1 Å². The van der Waals surface area contributed by atoms with E-state index in [0.717, 1.165) is 5.56 Å². The van der Waals surface area contributed by atoms with Gasteiger partial charge in [-0.2, -0.15) is 0 Å². The summed E-state index contributed by atoms with van der Waals surface area (Å²) in [5.74, 6) is -1.99. The fourth-order valence-electron chi connectivity index (χ4n) is 2.15. The molecule has 2 atom stereocenters. The summed E-state index contributed by atoms with van der Waals surface area (Å²) in [7, 11) is 0. The van der Waals surface area contributed by atoms with Gasteiger partial charge in [0.05, 0.1) is 5.92 Å². The first-order valence-corrected chi connectivity index (χ1v) is 7.88. The number of aliphatic carboxylic acids is 1. The van der Waals surface area contributed by atoms with Crippen molar-refractivity contribution in [2.45, 2.75) is 26.5 Å². The molecule has 0 aliphatic carbocycles. The van der Waals surface area contributed by atoms with Crippen molar-refractivity contribution in [3.8, 4) is 5.75 Å². The first-order valence-electron chi connectivity index (χ1n) is 7.88. The number of carboxylic acid groups (broad SMARTS) is 1. The van der Waals surface area contributed by atoms with Crippen LogP contribution in [0, 0.1) is 11.7 Å². The molecule has 0 bridgehead atoms. The monoisotopic (exact) mass is 345 g/mol. The Kier molecular flexibility index (Phi) is 6.11. The Bertz CT molecular complexity index is 763. The largest absolute Gasteiger partial charge is 0.489 e. The highest BCUT2D eigenvalue weighted by Gasteiger charge is 2.21. The maximum atomic E-state index is 13.1. The maximum absolute atomic E-state index is 13.1. The number of nitrogens with one attached hydrogen (secondary N) is 1. The molecule has 0 saturated carbocycles. The minimum atomic E-state index is -0.968. The van der Waals surface area contributed by atoms with Gasteiger partial charge in [0.25, 0.3) is 5.91 Å². The highest BCUT2D eigenvalue weighted by Crippen LogP contribution is 2.15. The van der Waals surface area contributed by atoms with Gasteiger partial charge in [0, 0.05) is 17.7 Å². The van der Waals surface area contributed by atoms with Gasteiger partial charge in [0.1, 0.15) is 18.2 Å². The zero-order chi connectivity index (χ0) is 18.4. The number of hydrogen-bond donors (Lipinski definition) is 2. The predicted octanol–water partition coefficient (Wildman–Crippen LogP) is 3.24. The van der Waals surface area contributed by atoms with Crippen LogP contribution in [0.25, 0.3) is 0 Å². The van der Waals surface area contributed by atoms with Gasteiger partial charge < -0.3 is 15.2 Å². The number of carbonyl (C=O) groups is 2. The second-order valence-corrected chi connectivity index (χ2v) is 5.84. The molecule has 6 heteroatoms. The molecule has 0 spiro atoms. The van der Waals surface area contributed by atoms with E-state index in [1.54, 1.807) is 43.3 Å². The number of amides is 1. The molecule has 1 amide bonds. The lowest BCUT2D eigenvalue weighted by atomic mass is 10.0. The normalized spacial score (nSPS) is 12.9. The Morgan fingerprint density at radius 2 is 1.88 bits per heavy atom. The lowest BCUT2D eigenvalue weighted by Gasteiger charge is -2.18. The third kappa shape index (κ3) is 5.31. The number of hydrogen-bond acceptors (Lipinski definition) is 3. The number of carboxylic acids is 1. The van der Waals surface area contributed by atoms with E-state index in [9.17, 15) is 14.0 Å². The Labute approximate surface area is 145 Å². The molecular formula is C19H20FNO4. The van der Waals surface area contributed by atoms with E-state index < -0.39 is 17.9 Å². The van der Waals surface area contributed by atoms with Crippen LogP contribution in [0.5, 0.6) is 5.75 Å². The van der Waals surface area contributed by atoms with Crippen molar-refractivity contribution in [3.63, 3.8) is 0 Å². The van der Waals surface area contributed by atoms with Gasteiger partial charge in [-0.1, -0.05) is 18.2 Å². The summed E-state index contributed by atoms with van der Waals surface area (Å²) in [6.45, 7) is 3.37. The zero-order valence-corrected chi connectivity index (χ0v) is 14.0. The Morgan fingerprint density at radius 1 is 1.16 bits per heavy atom. The molecule has 0 aromatic heterocycles. The molecule has 0 radical (unpaired) electrons. The molecule has 25 heavy (non-hydrogen) atoms. The van der Waals surface area contributed by atoms with E-state index in [1.807, 2.05) is 0 Å². The van der Waals surface area contributed by atoms with Crippen molar-refractivity contribution in [2.75, 3.05) is 0 Å². The van der Waals surface area contributed by atoms with Crippen molar-refractivity contribution >= 4 is 11.9 Å². The van der Waals surface area contributed by atoms with Crippen LogP contribution in [0.15, 0.2) is 48.5 Å². The lowest BCUT2D eigenvalue weighted by Crippen LogP contribution is -2.40. The molecular weight excluding hydrogens is 325 g/mol. The fourth-order valence-corrected chi connectivity index (χ4v) is 2.15. The number of halogens is 1. The molecule has 2 aromatic rings. The van der Waals surface area contributed by atoms with E-state index in [4.69, 9.17) is 9.84 Å². The predicted molar refractivity (Wildman–Crippen MR) is 90.9 cm³/mol. The van der Waals surface area contributed by atoms with Crippen molar-refractivity contribution in [3.05, 3.63) is 65.5 Å². The summed E-state index contributed by atoms with van der Waals surface area (Å²) in [5, 5.41) is 11.7. The average Bonchev–Trinajstić information content (AvgIpc) is 2.59. The van der Waals surface area contributed by atoms with Gasteiger partial charge >= 0.3 is 5.97 Å². The molecule has 2 rings (SSSR count). The molecule has 5 nitrogen and oxygen atoms in total. The molecule has 132 valence electrons. The van der Waals surface area contributed by atoms with Gasteiger partial charge in [-0.05, 0) is 43.7 Å². The smallest absolute Gasteiger partial charge is 0.308 e. The summed E-state index contributed by atoms with van der Waals surface area (Å²) >= 11 is 0. The van der Waals surface area contributed by atoms with Crippen LogP contribution in [0.1, 0.15) is 29.8 Å². The van der Waals surface area contributed by atoms with Crippen LogP contribution in [0.2, 0.25) is 0 Å². The average molecular weight is 345 g/mol. The highest BCUT2D eigenvalue weighted by atomic mass is 19.1. The van der Waals surface area contributed by atoms with Crippen LogP contribution < -0.4 is 10.1 Å². The maximum Gasteiger partial charge on any atom is 0.308 e. The van der Waals surface area contributed by atoms with Crippen LogP contribution in [-0.2, 0) is 11.4 Å². The van der Waals surface area contributed by atoms with Crippen LogP contribution in [-0.4, -0.2) is 23.0 Å². The number of carbonyl (C=O) groups excluding carboxylic acids is 1. The van der Waals surface area contributed by atoms with Crippen LogP contribution >= 0.6 is 0 Å². The summed E-state index contributed by atoms with van der Waals surface area (Å²) in [4.78, 5) is 23.2. The summed E-state index contributed by atoms with van der Waals surface area (Å²) < 4.78 is 18.6. The van der Waals surface area contributed by atoms with E-state index >= 15 is 0 Å². The molecule has 2 aromatic carbocycles.